The van der Waals surface area contributed by atoms with Crippen molar-refractivity contribution >= 4 is 61.2 Å². The van der Waals surface area contributed by atoms with Crippen LogP contribution in [0, 0.1) is 0 Å². The molecule has 0 nitrogen and oxygen atoms in total. The van der Waals surface area contributed by atoms with Crippen LogP contribution in [0.3, 0.4) is 0 Å². The van der Waals surface area contributed by atoms with Crippen LogP contribution in [0.25, 0.3) is 21.2 Å². The maximum atomic E-state index is 2.47. The quantitative estimate of drug-likeness (QED) is 0.365. The van der Waals surface area contributed by atoms with E-state index in [0.717, 1.165) is 0 Å². The standard InChI is InChI=1S/C19H15Te2/c1-20-14-11-12-19-17(13-14)16-9-5-6-10-18(16)21(19)15-7-3-2-4-8-15/h2-13H,1H3/q+1. The van der Waals surface area contributed by atoms with Gasteiger partial charge in [-0.3, -0.25) is 0 Å². The zero-order valence-electron chi connectivity index (χ0n) is 11.7. The molecule has 4 aromatic rings. The molecular formula is C19H15Te2+. The Bertz CT molecular complexity index is 920. The first kappa shape index (κ1) is 13.9. The zero-order chi connectivity index (χ0) is 14.2. The van der Waals surface area contributed by atoms with E-state index in [1.165, 1.54) is 10.8 Å². The molecule has 0 N–H and O–H groups in total. The van der Waals surface area contributed by atoms with Crippen molar-refractivity contribution in [1.82, 2.24) is 0 Å². The molecule has 102 valence electrons. The van der Waals surface area contributed by atoms with Crippen molar-refractivity contribution in [1.29, 1.82) is 0 Å². The fraction of sp³-hybridized carbons (Fsp3) is 0.0526. The van der Waals surface area contributed by atoms with Gasteiger partial charge in [0.2, 0.25) is 0 Å². The molecule has 0 unspecified atom stereocenters. The number of benzene rings is 3. The molecule has 0 atom stereocenters. The molecule has 0 aliphatic rings. The molecule has 1 aromatic heterocycles. The SMILES string of the molecule is C[Te]c1ccc2c(c1)c1ccccc1[te+]2-c1ccccc1. The summed E-state index contributed by atoms with van der Waals surface area (Å²) in [6.07, 6.45) is 0. The first-order valence-corrected chi connectivity index (χ1v) is 13.9. The molecule has 0 fully saturated rings. The summed E-state index contributed by atoms with van der Waals surface area (Å²) < 4.78 is 6.39. The Morgan fingerprint density at radius 2 is 1.43 bits per heavy atom. The average molecular weight is 499 g/mol. The third-order valence-electron chi connectivity index (χ3n) is 3.78. The van der Waals surface area contributed by atoms with E-state index in [1.807, 2.05) is 0 Å². The summed E-state index contributed by atoms with van der Waals surface area (Å²) in [5.74, 6) is 0. The van der Waals surface area contributed by atoms with Gasteiger partial charge in [-0.15, -0.1) is 0 Å². The number of hydrogen-bond donors (Lipinski definition) is 0. The second kappa shape index (κ2) is 5.79. The average Bonchev–Trinajstić information content (AvgIpc) is 2.89. The van der Waals surface area contributed by atoms with Crippen molar-refractivity contribution in [2.45, 2.75) is 4.97 Å². The van der Waals surface area contributed by atoms with E-state index in [9.17, 15) is 0 Å². The molecular weight excluding hydrogens is 483 g/mol. The third-order valence-corrected chi connectivity index (χ3v) is 12.5. The van der Waals surface area contributed by atoms with Gasteiger partial charge in [-0.2, -0.15) is 0 Å². The summed E-state index contributed by atoms with van der Waals surface area (Å²) in [7, 11) is 0. The van der Waals surface area contributed by atoms with Gasteiger partial charge in [0.05, 0.1) is 0 Å². The van der Waals surface area contributed by atoms with Crippen LogP contribution in [0.15, 0.2) is 72.8 Å². The van der Waals surface area contributed by atoms with Crippen LogP contribution in [0.1, 0.15) is 0 Å². The van der Waals surface area contributed by atoms with Crippen molar-refractivity contribution in [3.8, 4) is 3.61 Å². The van der Waals surface area contributed by atoms with E-state index in [0.29, 0.717) is 0 Å². The molecule has 0 aliphatic carbocycles. The van der Waals surface area contributed by atoms with Crippen molar-refractivity contribution in [2.75, 3.05) is 0 Å². The second-order valence-corrected chi connectivity index (χ2v) is 13.1. The van der Waals surface area contributed by atoms with E-state index < -0.39 is 19.1 Å². The van der Waals surface area contributed by atoms with Gasteiger partial charge in [-0.05, 0) is 0 Å². The minimum absolute atomic E-state index is 0.0121. The van der Waals surface area contributed by atoms with Crippen LogP contribution in [0.4, 0.5) is 0 Å². The number of fused-ring (bicyclic) bond motifs is 3. The molecule has 3 aromatic carbocycles. The van der Waals surface area contributed by atoms with Crippen molar-refractivity contribution < 1.29 is 0 Å². The molecule has 0 saturated heterocycles. The van der Waals surface area contributed by atoms with Crippen LogP contribution < -0.4 is 3.61 Å². The van der Waals surface area contributed by atoms with Gasteiger partial charge in [0.25, 0.3) is 0 Å². The molecule has 2 heteroatoms. The Balaban J connectivity index is 2.17. The molecule has 1 heterocycles. The predicted octanol–water partition coefficient (Wildman–Crippen LogP) is 4.10. The molecule has 4 rings (SSSR count). The van der Waals surface area contributed by atoms with Crippen LogP contribution in [-0.2, 0) is 0 Å². The number of hydrogen-bond acceptors (Lipinski definition) is 0. The molecule has 0 spiro atoms. The van der Waals surface area contributed by atoms with Gasteiger partial charge >= 0.3 is 143 Å². The van der Waals surface area contributed by atoms with Crippen molar-refractivity contribution in [3.05, 3.63) is 72.8 Å². The Morgan fingerprint density at radius 1 is 0.714 bits per heavy atom. The van der Waals surface area contributed by atoms with Gasteiger partial charge in [-0.1, -0.05) is 0 Å². The molecule has 21 heavy (non-hydrogen) atoms. The normalized spacial score (nSPS) is 11.3. The maximum absolute atomic E-state index is 2.47. The van der Waals surface area contributed by atoms with E-state index in [4.69, 9.17) is 0 Å². The molecule has 0 saturated carbocycles. The first-order chi connectivity index (χ1) is 10.4. The fourth-order valence-corrected chi connectivity index (χ4v) is 10.9. The van der Waals surface area contributed by atoms with E-state index >= 15 is 0 Å². The summed E-state index contributed by atoms with van der Waals surface area (Å²) >= 11 is -1.63. The Hall–Kier alpha value is -0.761. The summed E-state index contributed by atoms with van der Waals surface area (Å²) in [4.78, 5) is 2.36. The molecule has 0 radical (unpaired) electrons. The first-order valence-electron chi connectivity index (χ1n) is 6.95. The molecule has 0 bridgehead atoms. The van der Waals surface area contributed by atoms with Gasteiger partial charge in [0.15, 0.2) is 0 Å². The summed E-state index contributed by atoms with van der Waals surface area (Å²) in [5.41, 5.74) is 0. The molecule has 0 amide bonds. The van der Waals surface area contributed by atoms with E-state index in [-0.39, 0.29) is 20.9 Å². The van der Waals surface area contributed by atoms with Crippen LogP contribution in [0.2, 0.25) is 4.97 Å². The van der Waals surface area contributed by atoms with E-state index in [2.05, 4.69) is 77.8 Å². The molecule has 0 aliphatic heterocycles. The predicted molar refractivity (Wildman–Crippen MR) is 95.6 cm³/mol. The second-order valence-electron chi connectivity index (χ2n) is 4.98. The number of rotatable bonds is 2. The fourth-order valence-electron chi connectivity index (χ4n) is 2.82. The summed E-state index contributed by atoms with van der Waals surface area (Å²) in [6, 6.07) is 27.5. The van der Waals surface area contributed by atoms with Crippen LogP contribution in [0.5, 0.6) is 0 Å². The van der Waals surface area contributed by atoms with Gasteiger partial charge in [0, 0.05) is 0 Å². The zero-order valence-corrected chi connectivity index (χ0v) is 16.4. The summed E-state index contributed by atoms with van der Waals surface area (Å²) in [5, 5.41) is 3.02. The minimum atomic E-state index is -1.62. The Kier molecular flexibility index (Phi) is 3.83. The topological polar surface area (TPSA) is 0 Å². The van der Waals surface area contributed by atoms with Gasteiger partial charge in [-0.25, -0.2) is 0 Å². The van der Waals surface area contributed by atoms with Crippen molar-refractivity contribution in [2.24, 2.45) is 0 Å². The third kappa shape index (κ3) is 2.36. The van der Waals surface area contributed by atoms with Gasteiger partial charge < -0.3 is 0 Å². The van der Waals surface area contributed by atoms with Crippen molar-refractivity contribution in [3.63, 3.8) is 0 Å². The monoisotopic (exact) mass is 503 g/mol. The van der Waals surface area contributed by atoms with Gasteiger partial charge in [0.1, 0.15) is 0 Å². The van der Waals surface area contributed by atoms with Crippen LogP contribution >= 0.6 is 0 Å². The van der Waals surface area contributed by atoms with Crippen LogP contribution in [-0.4, -0.2) is 40.0 Å². The summed E-state index contributed by atoms with van der Waals surface area (Å²) in [6.45, 7) is 0. The Labute approximate surface area is 141 Å². The van der Waals surface area contributed by atoms with E-state index in [1.54, 1.807) is 14.0 Å². The Morgan fingerprint density at radius 3 is 2.24 bits per heavy atom.